The third kappa shape index (κ3) is 10.1. The maximum Gasteiger partial charge on any atom is 0.349 e. The predicted octanol–water partition coefficient (Wildman–Crippen LogP) is 6.99. The van der Waals surface area contributed by atoms with Gasteiger partial charge < -0.3 is 35.4 Å². The molecule has 0 saturated carbocycles. The first kappa shape index (κ1) is 45.9. The van der Waals surface area contributed by atoms with Gasteiger partial charge >= 0.3 is 18.0 Å². The van der Waals surface area contributed by atoms with Gasteiger partial charge in [-0.2, -0.15) is 4.31 Å². The van der Waals surface area contributed by atoms with Crippen LogP contribution < -0.4 is 25.6 Å². The van der Waals surface area contributed by atoms with Crippen molar-refractivity contribution in [1.29, 1.82) is 0 Å². The van der Waals surface area contributed by atoms with Gasteiger partial charge in [0, 0.05) is 61.2 Å². The smallest absolute Gasteiger partial charge is 0.349 e. The quantitative estimate of drug-likeness (QED) is 0.0858. The van der Waals surface area contributed by atoms with E-state index in [2.05, 4.69) is 39.0 Å². The second kappa shape index (κ2) is 18.7. The molecule has 3 fully saturated rings. The van der Waals surface area contributed by atoms with Crippen molar-refractivity contribution in [3.63, 3.8) is 0 Å². The number of sulfonamides is 1. The number of imide groups is 1. The fourth-order valence-corrected chi connectivity index (χ4v) is 13.0. The number of carboxylic acids is 2. The number of piperidine rings is 3. The van der Waals surface area contributed by atoms with E-state index in [-0.39, 0.29) is 63.8 Å². The Hall–Kier alpha value is -5.69. The van der Waals surface area contributed by atoms with E-state index in [4.69, 9.17) is 21.4 Å². The second-order valence-corrected chi connectivity index (χ2v) is 20.9. The summed E-state index contributed by atoms with van der Waals surface area (Å²) < 4.78 is 34.8. The highest BCUT2D eigenvalue weighted by molar-refractivity contribution is 7.88. The minimum Gasteiger partial charge on any atom is -0.479 e. The summed E-state index contributed by atoms with van der Waals surface area (Å²) in [5, 5.41) is 27.7. The topological polar surface area (TPSA) is 215 Å². The number of aliphatic carboxylic acids is 1. The van der Waals surface area contributed by atoms with Crippen LogP contribution in [-0.2, 0) is 36.6 Å². The highest BCUT2D eigenvalue weighted by Crippen LogP contribution is 2.46. The average molecular weight is 948 g/mol. The van der Waals surface area contributed by atoms with Crippen molar-refractivity contribution >= 4 is 79.8 Å². The number of hydrogen-bond donors (Lipinski definition) is 5. The zero-order valence-electron chi connectivity index (χ0n) is 36.0. The van der Waals surface area contributed by atoms with Crippen LogP contribution in [0, 0.1) is 0 Å². The number of benzene rings is 3. The molecule has 4 aliphatic heterocycles. The van der Waals surface area contributed by atoms with Crippen molar-refractivity contribution in [2.24, 2.45) is 0 Å². The van der Waals surface area contributed by atoms with Gasteiger partial charge in [0.25, 0.3) is 0 Å². The normalized spacial score (nSPS) is 20.2. The maximum absolute atomic E-state index is 14.0. The molecular formula is C46H51ClN6O10S2. The third-order valence-electron chi connectivity index (χ3n) is 12.7. The van der Waals surface area contributed by atoms with Gasteiger partial charge in [0.05, 0.1) is 10.6 Å². The SMILES string of the molecule is CC1(C)C[C@@H](Nc2cccc(-c3sc(C(=O)O)c(OCC(=O)O)c3Cl)c2)CCN1S(=O)(=O)Cc1cccc(NC(=O)N2CCC(c3ccc4c(c3)CCN4C3CCC(=O)NC3=O)CC2)c1. The zero-order valence-corrected chi connectivity index (χ0v) is 38.4. The van der Waals surface area contributed by atoms with Crippen molar-refractivity contribution in [3.8, 4) is 16.2 Å². The maximum atomic E-state index is 14.0. The van der Waals surface area contributed by atoms with Crippen LogP contribution in [0.1, 0.15) is 84.7 Å². The summed E-state index contributed by atoms with van der Waals surface area (Å²) in [5.41, 5.74) is 5.11. The number of nitrogens with one attached hydrogen (secondary N) is 3. The molecule has 0 radical (unpaired) electrons. The van der Waals surface area contributed by atoms with Crippen LogP contribution in [0.2, 0.25) is 5.02 Å². The molecule has 19 heteroatoms. The number of anilines is 3. The molecule has 4 aliphatic rings. The van der Waals surface area contributed by atoms with Crippen molar-refractivity contribution < 1.29 is 47.3 Å². The Morgan fingerprint density at radius 3 is 2.40 bits per heavy atom. The van der Waals surface area contributed by atoms with Crippen molar-refractivity contribution in [2.75, 3.05) is 48.3 Å². The molecule has 3 aromatic carbocycles. The van der Waals surface area contributed by atoms with E-state index in [9.17, 15) is 37.5 Å². The van der Waals surface area contributed by atoms with Gasteiger partial charge in [0.1, 0.15) is 11.1 Å². The van der Waals surface area contributed by atoms with E-state index in [1.165, 1.54) is 11.1 Å². The van der Waals surface area contributed by atoms with E-state index >= 15 is 0 Å². The summed E-state index contributed by atoms with van der Waals surface area (Å²) in [6.07, 6.45) is 4.30. The van der Waals surface area contributed by atoms with Gasteiger partial charge in [-0.25, -0.2) is 22.8 Å². The average Bonchev–Trinajstić information content (AvgIpc) is 3.82. The Morgan fingerprint density at radius 2 is 1.68 bits per heavy atom. The number of hydrogen-bond acceptors (Lipinski definition) is 11. The monoisotopic (exact) mass is 946 g/mol. The van der Waals surface area contributed by atoms with Crippen LogP contribution >= 0.6 is 22.9 Å². The Bertz CT molecular complexity index is 2650. The first-order valence-corrected chi connectivity index (χ1v) is 24.4. The summed E-state index contributed by atoms with van der Waals surface area (Å²) in [6, 6.07) is 19.9. The number of urea groups is 1. The van der Waals surface area contributed by atoms with Crippen molar-refractivity contribution in [1.82, 2.24) is 14.5 Å². The molecule has 1 aromatic heterocycles. The molecule has 0 bridgehead atoms. The predicted molar refractivity (Wildman–Crippen MR) is 248 cm³/mol. The number of rotatable bonds is 13. The third-order valence-corrected chi connectivity index (χ3v) is 16.4. The van der Waals surface area contributed by atoms with Crippen LogP contribution in [-0.4, -0.2) is 108 Å². The minimum absolute atomic E-state index is 0.00540. The van der Waals surface area contributed by atoms with Crippen LogP contribution in [0.25, 0.3) is 10.4 Å². The zero-order chi connectivity index (χ0) is 46.2. The molecular weight excluding hydrogens is 896 g/mol. The molecule has 0 aliphatic carbocycles. The lowest BCUT2D eigenvalue weighted by atomic mass is 9.88. The highest BCUT2D eigenvalue weighted by atomic mass is 35.5. The summed E-state index contributed by atoms with van der Waals surface area (Å²) in [5.74, 6) is -3.17. The molecule has 344 valence electrons. The lowest BCUT2D eigenvalue weighted by molar-refractivity contribution is -0.139. The van der Waals surface area contributed by atoms with Gasteiger partial charge in [0.15, 0.2) is 17.2 Å². The molecule has 65 heavy (non-hydrogen) atoms. The van der Waals surface area contributed by atoms with Gasteiger partial charge in [0.2, 0.25) is 21.8 Å². The van der Waals surface area contributed by atoms with Crippen LogP contribution in [0.15, 0.2) is 66.7 Å². The fourth-order valence-electron chi connectivity index (χ4n) is 9.64. The highest BCUT2D eigenvalue weighted by Gasteiger charge is 2.42. The largest absolute Gasteiger partial charge is 0.479 e. The van der Waals surface area contributed by atoms with E-state index in [0.717, 1.165) is 48.5 Å². The number of nitrogens with zero attached hydrogens (tertiary/aromatic N) is 3. The number of aromatic carboxylic acids is 1. The molecule has 1 unspecified atom stereocenters. The van der Waals surface area contributed by atoms with E-state index < -0.39 is 34.1 Å². The lowest BCUT2D eigenvalue weighted by Crippen LogP contribution is -2.55. The summed E-state index contributed by atoms with van der Waals surface area (Å²) in [7, 11) is -3.78. The van der Waals surface area contributed by atoms with Gasteiger partial charge in [-0.15, -0.1) is 11.3 Å². The molecule has 8 rings (SSSR count). The first-order chi connectivity index (χ1) is 31.0. The Morgan fingerprint density at radius 1 is 0.923 bits per heavy atom. The van der Waals surface area contributed by atoms with E-state index in [1.54, 1.807) is 45.6 Å². The molecule has 5 heterocycles. The number of ether oxygens (including phenoxy) is 1. The van der Waals surface area contributed by atoms with Crippen LogP contribution in [0.5, 0.6) is 5.75 Å². The summed E-state index contributed by atoms with van der Waals surface area (Å²) >= 11 is 7.41. The summed E-state index contributed by atoms with van der Waals surface area (Å²) in [4.78, 5) is 64.8. The minimum atomic E-state index is -3.78. The lowest BCUT2D eigenvalue weighted by Gasteiger charge is -2.45. The first-order valence-electron chi connectivity index (χ1n) is 21.6. The molecule has 3 saturated heterocycles. The Balaban J connectivity index is 0.839. The number of fused-ring (bicyclic) bond motifs is 1. The molecule has 0 spiro atoms. The number of carbonyl (C=O) groups excluding carboxylic acids is 3. The standard InChI is InChI=1S/C46H51ClN6O10S2/c1-46(2)24-34(48-33-8-4-6-31(23-33)41-39(47)40(63-25-38(55)56)42(64-41)44(58)59)16-20-53(46)65(61,62)26-27-5-3-7-32(21-27)49-45(60)51-17-13-28(14-18-51)29-9-10-35-30(22-29)15-19-52(35)36-11-12-37(54)50-43(36)57/h3-10,21-23,28,34,36,48H,11-20,24-26H2,1-2H3,(H,49,60)(H,55,56)(H,58,59)(H,50,54,57)/t34-,36?/m0/s1. The molecule has 4 aromatic rings. The number of halogens is 1. The number of thiophene rings is 1. The number of carboxylic acid groups (broad SMARTS) is 2. The van der Waals surface area contributed by atoms with Crippen LogP contribution in [0.4, 0.5) is 21.9 Å². The summed E-state index contributed by atoms with van der Waals surface area (Å²) in [6.45, 7) is 5.19. The van der Waals surface area contributed by atoms with Crippen LogP contribution in [0.3, 0.4) is 0 Å². The number of carbonyl (C=O) groups is 5. The van der Waals surface area contributed by atoms with Gasteiger partial charge in [-0.1, -0.05) is 48.0 Å². The second-order valence-electron chi connectivity index (χ2n) is 17.6. The van der Waals surface area contributed by atoms with E-state index in [0.29, 0.717) is 60.5 Å². The molecule has 2 atom stereocenters. The number of amides is 4. The van der Waals surface area contributed by atoms with Gasteiger partial charge in [-0.3, -0.25) is 14.9 Å². The van der Waals surface area contributed by atoms with E-state index in [1.807, 2.05) is 26.0 Å². The number of likely N-dealkylation sites (tertiary alicyclic amines) is 1. The fraction of sp³-hybridized carbons (Fsp3) is 0.413. The molecule has 4 amide bonds. The van der Waals surface area contributed by atoms with Crippen molar-refractivity contribution in [3.05, 3.63) is 93.3 Å². The Kier molecular flexibility index (Phi) is 13.2. The van der Waals surface area contributed by atoms with Gasteiger partial charge in [-0.05, 0) is 111 Å². The Labute approximate surface area is 385 Å². The molecule has 5 N–H and O–H groups in total. The molecule has 16 nitrogen and oxygen atoms in total. The van der Waals surface area contributed by atoms with Crippen molar-refractivity contribution in [2.45, 2.75) is 88.1 Å².